The fraction of sp³-hybridized carbons (Fsp3) is 0.941. The molecule has 0 radical (unpaired) electrons. The molecule has 0 saturated heterocycles. The van der Waals surface area contributed by atoms with Gasteiger partial charge in [-0.15, -0.1) is 0 Å². The van der Waals surface area contributed by atoms with Crippen LogP contribution in [0.15, 0.2) is 0 Å². The van der Waals surface area contributed by atoms with E-state index < -0.39 is 18.8 Å². The van der Waals surface area contributed by atoms with E-state index in [1.165, 1.54) is 38.5 Å². The molecule has 0 N–H and O–H groups in total. The molecule has 0 saturated carbocycles. The lowest BCUT2D eigenvalue weighted by atomic mass is 10.1. The molecule has 25 heavy (non-hydrogen) atoms. The van der Waals surface area contributed by atoms with Crippen LogP contribution in [0.3, 0.4) is 0 Å². The third kappa shape index (κ3) is 17.7. The predicted octanol–water partition coefficient (Wildman–Crippen LogP) is 3.89. The fourth-order valence-corrected chi connectivity index (χ4v) is 1.98. The Labute approximate surface area is 148 Å². The van der Waals surface area contributed by atoms with E-state index in [4.69, 9.17) is 14.2 Å². The summed E-state index contributed by atoms with van der Waals surface area (Å²) in [6.07, 6.45) is 3.75. The monoisotopic (exact) mass is 372 g/mol. The summed E-state index contributed by atoms with van der Waals surface area (Å²) in [4.78, 5) is 10.4. The number of esters is 1. The van der Waals surface area contributed by atoms with Crippen molar-refractivity contribution in [3.8, 4) is 0 Å². The van der Waals surface area contributed by atoms with Crippen LogP contribution in [0, 0.1) is 0 Å². The molecule has 8 heteroatoms. The minimum absolute atomic E-state index is 0.0973. The van der Waals surface area contributed by atoms with Crippen LogP contribution < -0.4 is 0 Å². The van der Waals surface area contributed by atoms with Crippen molar-refractivity contribution in [2.45, 2.75) is 58.0 Å². The van der Waals surface area contributed by atoms with Gasteiger partial charge in [0.25, 0.3) is 0 Å². The smallest absolute Gasteiger partial charge is 0.457 e. The number of carbonyl (C=O) groups excluding carboxylic acids is 1. The molecule has 0 heterocycles. The van der Waals surface area contributed by atoms with Crippen molar-refractivity contribution in [2.24, 2.45) is 0 Å². The Bertz CT molecular complexity index is 311. The third-order valence-electron chi connectivity index (χ3n) is 3.33. The second-order valence-electron chi connectivity index (χ2n) is 5.59. The van der Waals surface area contributed by atoms with Gasteiger partial charge in [-0.25, -0.2) is 4.79 Å². The van der Waals surface area contributed by atoms with E-state index in [1.54, 1.807) is 0 Å². The molecule has 150 valence electrons. The van der Waals surface area contributed by atoms with Gasteiger partial charge in [0.1, 0.15) is 6.61 Å². The molecule has 0 aliphatic heterocycles. The zero-order chi connectivity index (χ0) is 18.8. The Morgan fingerprint density at radius 1 is 0.680 bits per heavy atom. The molecular weight excluding hydrogens is 341 g/mol. The minimum atomic E-state index is -4.96. The highest BCUT2D eigenvalue weighted by atomic mass is 19.4. The molecule has 0 fully saturated rings. The maximum absolute atomic E-state index is 11.8. The molecular formula is C17H31F3O5. The Hall–Kier alpha value is -0.860. The number of alkyl halides is 3. The molecule has 0 aliphatic rings. The highest BCUT2D eigenvalue weighted by Crippen LogP contribution is 2.16. The van der Waals surface area contributed by atoms with Gasteiger partial charge in [-0.2, -0.15) is 13.2 Å². The van der Waals surface area contributed by atoms with Gasteiger partial charge < -0.3 is 18.9 Å². The molecule has 0 aliphatic carbocycles. The first-order valence-corrected chi connectivity index (χ1v) is 8.95. The Balaban J connectivity index is 3.11. The SMILES string of the molecule is CCCCCCCCCOCCOCCOCCOC(=O)C(F)(F)F. The van der Waals surface area contributed by atoms with Gasteiger partial charge in [-0.3, -0.25) is 0 Å². The minimum Gasteiger partial charge on any atom is -0.457 e. The first-order chi connectivity index (χ1) is 12.0. The lowest BCUT2D eigenvalue weighted by Crippen LogP contribution is -2.26. The molecule has 0 aromatic carbocycles. The van der Waals surface area contributed by atoms with E-state index in [-0.39, 0.29) is 13.2 Å². The normalized spacial score (nSPS) is 11.7. The van der Waals surface area contributed by atoms with Gasteiger partial charge in [0.2, 0.25) is 0 Å². The average molecular weight is 372 g/mol. The van der Waals surface area contributed by atoms with Crippen LogP contribution in [0.4, 0.5) is 13.2 Å². The van der Waals surface area contributed by atoms with Crippen LogP contribution in [0.25, 0.3) is 0 Å². The second-order valence-corrected chi connectivity index (χ2v) is 5.59. The van der Waals surface area contributed by atoms with Gasteiger partial charge in [0.05, 0.1) is 33.0 Å². The zero-order valence-electron chi connectivity index (χ0n) is 15.1. The van der Waals surface area contributed by atoms with Crippen molar-refractivity contribution in [1.29, 1.82) is 0 Å². The van der Waals surface area contributed by atoms with E-state index in [0.717, 1.165) is 13.0 Å². The van der Waals surface area contributed by atoms with Crippen molar-refractivity contribution >= 4 is 5.97 Å². The molecule has 0 spiro atoms. The van der Waals surface area contributed by atoms with Crippen LogP contribution in [-0.4, -0.2) is 58.4 Å². The maximum atomic E-state index is 11.8. The fourth-order valence-electron chi connectivity index (χ4n) is 1.98. The van der Waals surface area contributed by atoms with Gasteiger partial charge in [-0.1, -0.05) is 45.4 Å². The van der Waals surface area contributed by atoms with Crippen molar-refractivity contribution in [3.05, 3.63) is 0 Å². The molecule has 5 nitrogen and oxygen atoms in total. The highest BCUT2D eigenvalue weighted by molar-refractivity contribution is 5.75. The van der Waals surface area contributed by atoms with E-state index in [0.29, 0.717) is 19.8 Å². The first-order valence-electron chi connectivity index (χ1n) is 8.95. The molecule has 0 atom stereocenters. The van der Waals surface area contributed by atoms with Crippen LogP contribution in [0.1, 0.15) is 51.9 Å². The molecule has 0 amide bonds. The molecule has 0 rings (SSSR count). The number of hydrogen-bond donors (Lipinski definition) is 0. The van der Waals surface area contributed by atoms with E-state index >= 15 is 0 Å². The van der Waals surface area contributed by atoms with Crippen LogP contribution >= 0.6 is 0 Å². The van der Waals surface area contributed by atoms with Gasteiger partial charge in [-0.05, 0) is 6.42 Å². The standard InChI is InChI=1S/C17H31F3O5/c1-2-3-4-5-6-7-8-9-22-10-11-23-12-13-24-14-15-25-16(21)17(18,19)20/h2-15H2,1H3. The second kappa shape index (κ2) is 16.6. The van der Waals surface area contributed by atoms with E-state index in [2.05, 4.69) is 11.7 Å². The van der Waals surface area contributed by atoms with Crippen molar-refractivity contribution in [3.63, 3.8) is 0 Å². The third-order valence-corrected chi connectivity index (χ3v) is 3.33. The number of halogens is 3. The summed E-state index contributed by atoms with van der Waals surface area (Å²) in [6, 6.07) is 0. The summed E-state index contributed by atoms with van der Waals surface area (Å²) in [7, 11) is 0. The van der Waals surface area contributed by atoms with Crippen LogP contribution in [0.5, 0.6) is 0 Å². The lowest BCUT2D eigenvalue weighted by molar-refractivity contribution is -0.200. The summed E-state index contributed by atoms with van der Waals surface area (Å²) in [6.45, 7) is 3.91. The summed E-state index contributed by atoms with van der Waals surface area (Å²) < 4.78 is 55.1. The van der Waals surface area contributed by atoms with Crippen LogP contribution in [0.2, 0.25) is 0 Å². The number of unbranched alkanes of at least 4 members (excludes halogenated alkanes) is 6. The molecule has 0 unspecified atom stereocenters. The van der Waals surface area contributed by atoms with Crippen molar-refractivity contribution in [2.75, 3.05) is 46.2 Å². The van der Waals surface area contributed by atoms with Crippen LogP contribution in [-0.2, 0) is 23.7 Å². The molecule has 0 aromatic rings. The largest absolute Gasteiger partial charge is 0.490 e. The maximum Gasteiger partial charge on any atom is 0.490 e. The average Bonchev–Trinajstić information content (AvgIpc) is 2.56. The summed E-state index contributed by atoms with van der Waals surface area (Å²) in [5.41, 5.74) is 0. The van der Waals surface area contributed by atoms with E-state index in [1.807, 2.05) is 0 Å². The van der Waals surface area contributed by atoms with E-state index in [9.17, 15) is 18.0 Å². The number of hydrogen-bond acceptors (Lipinski definition) is 5. The topological polar surface area (TPSA) is 54.0 Å². The Kier molecular flexibility index (Phi) is 16.0. The number of rotatable bonds is 17. The van der Waals surface area contributed by atoms with Gasteiger partial charge in [0, 0.05) is 6.61 Å². The van der Waals surface area contributed by atoms with Gasteiger partial charge in [0.15, 0.2) is 0 Å². The molecule has 0 aromatic heterocycles. The number of carbonyl (C=O) groups is 1. The Morgan fingerprint density at radius 3 is 1.64 bits per heavy atom. The Morgan fingerprint density at radius 2 is 1.12 bits per heavy atom. The number of ether oxygens (including phenoxy) is 4. The summed E-state index contributed by atoms with van der Waals surface area (Å²) in [5.74, 6) is -2.20. The first kappa shape index (κ1) is 24.1. The lowest BCUT2D eigenvalue weighted by Gasteiger charge is -2.08. The van der Waals surface area contributed by atoms with Crippen molar-refractivity contribution < 1.29 is 36.9 Å². The molecule has 0 bridgehead atoms. The quantitative estimate of drug-likeness (QED) is 0.286. The van der Waals surface area contributed by atoms with Crippen molar-refractivity contribution in [1.82, 2.24) is 0 Å². The zero-order valence-corrected chi connectivity index (χ0v) is 15.1. The van der Waals surface area contributed by atoms with Gasteiger partial charge >= 0.3 is 12.1 Å². The summed E-state index contributed by atoms with van der Waals surface area (Å²) >= 11 is 0. The highest BCUT2D eigenvalue weighted by Gasteiger charge is 2.40. The predicted molar refractivity (Wildman–Crippen MR) is 87.5 cm³/mol. The summed E-state index contributed by atoms with van der Waals surface area (Å²) in [5, 5.41) is 0.